The van der Waals surface area contributed by atoms with Gasteiger partial charge in [0.25, 0.3) is 5.65 Å². The third-order valence-corrected chi connectivity index (χ3v) is 8.26. The van der Waals surface area contributed by atoms with Crippen molar-refractivity contribution < 1.29 is 4.57 Å². The van der Waals surface area contributed by atoms with Crippen molar-refractivity contribution in [3.05, 3.63) is 84.2 Å². The number of allylic oxidation sites excluding steroid dienone is 2. The van der Waals surface area contributed by atoms with Gasteiger partial charge in [0, 0.05) is 73.4 Å². The molecule has 1 fully saturated rings. The van der Waals surface area contributed by atoms with Gasteiger partial charge in [-0.25, -0.2) is 19.5 Å². The maximum atomic E-state index is 4.77. The first-order valence-electron chi connectivity index (χ1n) is 14.8. The molecule has 11 nitrogen and oxygen atoms in total. The molecule has 2 aliphatic rings. The highest BCUT2D eigenvalue weighted by atomic mass is 15.5. The number of nitrogens with zero attached hydrogens (tertiary/aromatic N) is 11. The van der Waals surface area contributed by atoms with Gasteiger partial charge in [-0.2, -0.15) is 5.10 Å². The van der Waals surface area contributed by atoms with E-state index in [0.717, 1.165) is 58.8 Å². The minimum atomic E-state index is 0.540. The zero-order valence-electron chi connectivity index (χ0n) is 24.9. The van der Waals surface area contributed by atoms with Gasteiger partial charge in [0.05, 0.1) is 25.0 Å². The number of fused-ring (bicyclic) bond motifs is 1. The minimum absolute atomic E-state index is 0.540. The Hall–Kier alpha value is -4.77. The summed E-state index contributed by atoms with van der Waals surface area (Å²) in [7, 11) is 3.91. The molecule has 11 heteroatoms. The highest BCUT2D eigenvalue weighted by molar-refractivity contribution is 5.75. The van der Waals surface area contributed by atoms with Crippen molar-refractivity contribution in [3.8, 4) is 22.6 Å². The minimum Gasteiger partial charge on any atom is -0.372 e. The van der Waals surface area contributed by atoms with E-state index >= 15 is 0 Å². The van der Waals surface area contributed by atoms with Crippen LogP contribution in [0.15, 0.2) is 73.1 Å². The van der Waals surface area contributed by atoms with Gasteiger partial charge in [0.2, 0.25) is 0 Å². The molecule has 0 saturated carbocycles. The molecular weight excluding hydrogens is 538 g/mol. The quantitative estimate of drug-likeness (QED) is 0.261. The summed E-state index contributed by atoms with van der Waals surface area (Å²) >= 11 is 0. The summed E-state index contributed by atoms with van der Waals surface area (Å²) in [5.74, 6) is 0.697. The van der Waals surface area contributed by atoms with Crippen LogP contribution in [0.3, 0.4) is 0 Å². The summed E-state index contributed by atoms with van der Waals surface area (Å²) in [4.78, 5) is 19.1. The van der Waals surface area contributed by atoms with E-state index in [2.05, 4.69) is 66.1 Å². The second-order valence-corrected chi connectivity index (χ2v) is 11.6. The van der Waals surface area contributed by atoms with Crippen molar-refractivity contribution >= 4 is 16.9 Å². The van der Waals surface area contributed by atoms with E-state index < -0.39 is 0 Å². The molecule has 0 unspecified atom stereocenters. The number of benzene rings is 1. The summed E-state index contributed by atoms with van der Waals surface area (Å²) in [6.45, 7) is 8.34. The maximum absolute atomic E-state index is 4.77. The SMILES string of the molecule is CC1=CC(c2cnc(-c3cccc(Cn4nnc5ncc(-c6cnn(C)c6)[n+](C)c54)c3)nc2)=CN(CCN2CCCC2)C1. The number of hydrogen-bond donors (Lipinski definition) is 0. The molecule has 1 saturated heterocycles. The van der Waals surface area contributed by atoms with Crippen molar-refractivity contribution in [2.24, 2.45) is 14.1 Å². The Morgan fingerprint density at radius 2 is 1.77 bits per heavy atom. The molecule has 7 rings (SSSR count). The molecule has 0 radical (unpaired) electrons. The third kappa shape index (κ3) is 5.68. The van der Waals surface area contributed by atoms with Crippen LogP contribution < -0.4 is 4.57 Å². The van der Waals surface area contributed by atoms with Crippen LogP contribution in [0.4, 0.5) is 0 Å². The molecule has 5 aromatic rings. The highest BCUT2D eigenvalue weighted by Crippen LogP contribution is 2.24. The first kappa shape index (κ1) is 27.1. The molecule has 0 bridgehead atoms. The fourth-order valence-electron chi connectivity index (χ4n) is 6.05. The second kappa shape index (κ2) is 11.5. The van der Waals surface area contributed by atoms with Gasteiger partial charge in [-0.15, -0.1) is 4.68 Å². The van der Waals surface area contributed by atoms with Crippen LogP contribution >= 0.6 is 0 Å². The van der Waals surface area contributed by atoms with E-state index in [1.165, 1.54) is 31.5 Å². The van der Waals surface area contributed by atoms with Gasteiger partial charge in [-0.1, -0.05) is 34.9 Å². The van der Waals surface area contributed by atoms with Crippen LogP contribution in [0.25, 0.3) is 39.5 Å². The molecule has 0 N–H and O–H groups in total. The van der Waals surface area contributed by atoms with E-state index in [1.54, 1.807) is 4.68 Å². The summed E-state index contributed by atoms with van der Waals surface area (Å²) in [5.41, 5.74) is 8.95. The van der Waals surface area contributed by atoms with Gasteiger partial charge < -0.3 is 9.80 Å². The maximum Gasteiger partial charge on any atom is 0.351 e. The fraction of sp³-hybridized carbons (Fsp3) is 0.344. The highest BCUT2D eigenvalue weighted by Gasteiger charge is 2.22. The summed E-state index contributed by atoms with van der Waals surface area (Å²) < 4.78 is 5.73. The molecule has 0 aliphatic carbocycles. The number of aromatic nitrogens is 9. The standard InChI is InChI=1S/C32H36N11/c1-23-13-26(22-42(19-23)12-11-41-9-4-5-10-41)27-15-33-30(34-16-27)25-8-6-7-24(14-25)20-43-32-31(37-38-43)35-18-29(40(32)3)28-17-36-39(2)21-28/h6-8,13-18,21-22H,4-5,9-12,19-20H2,1-3H3/q+1. The number of hydrogen-bond acceptors (Lipinski definition) is 8. The van der Waals surface area contributed by atoms with Gasteiger partial charge in [-0.05, 0) is 44.5 Å². The Morgan fingerprint density at radius 1 is 0.930 bits per heavy atom. The zero-order chi connectivity index (χ0) is 29.3. The Labute approximate surface area is 250 Å². The topological polar surface area (TPSA) is 97.6 Å². The number of aryl methyl sites for hydroxylation is 2. The van der Waals surface area contributed by atoms with E-state index in [-0.39, 0.29) is 0 Å². The fourth-order valence-corrected chi connectivity index (χ4v) is 6.05. The van der Waals surface area contributed by atoms with Gasteiger partial charge in [-0.3, -0.25) is 4.68 Å². The average molecular weight is 575 g/mol. The first-order chi connectivity index (χ1) is 21.0. The lowest BCUT2D eigenvalue weighted by Gasteiger charge is -2.28. The molecule has 6 heterocycles. The van der Waals surface area contributed by atoms with Crippen molar-refractivity contribution in [1.29, 1.82) is 0 Å². The van der Waals surface area contributed by atoms with Gasteiger partial charge >= 0.3 is 5.65 Å². The molecule has 0 amide bonds. The second-order valence-electron chi connectivity index (χ2n) is 11.6. The Kier molecular flexibility index (Phi) is 7.23. The largest absolute Gasteiger partial charge is 0.372 e. The van der Waals surface area contributed by atoms with Gasteiger partial charge in [0.15, 0.2) is 11.5 Å². The Bertz CT molecular complexity index is 1820. The van der Waals surface area contributed by atoms with E-state index in [0.29, 0.717) is 18.0 Å². The summed E-state index contributed by atoms with van der Waals surface area (Å²) in [6, 6.07) is 8.28. The lowest BCUT2D eigenvalue weighted by molar-refractivity contribution is -0.637. The molecule has 0 spiro atoms. The van der Waals surface area contributed by atoms with Crippen LogP contribution in [0.2, 0.25) is 0 Å². The molecular formula is C32H36N11+. The van der Waals surface area contributed by atoms with E-state index in [4.69, 9.17) is 9.97 Å². The molecule has 2 aliphatic heterocycles. The Morgan fingerprint density at radius 3 is 2.56 bits per heavy atom. The molecule has 4 aromatic heterocycles. The van der Waals surface area contributed by atoms with Crippen LogP contribution in [-0.2, 0) is 20.6 Å². The first-order valence-corrected chi connectivity index (χ1v) is 14.8. The molecule has 0 atom stereocenters. The van der Waals surface area contributed by atoms with E-state index in [1.807, 2.05) is 61.9 Å². The number of likely N-dealkylation sites (tertiary alicyclic amines) is 1. The number of rotatable bonds is 8. The molecule has 1 aromatic carbocycles. The van der Waals surface area contributed by atoms with Crippen LogP contribution in [0.1, 0.15) is 30.9 Å². The van der Waals surface area contributed by atoms with Crippen molar-refractivity contribution in [3.63, 3.8) is 0 Å². The summed E-state index contributed by atoms with van der Waals surface area (Å²) in [6.07, 6.45) is 16.7. The van der Waals surface area contributed by atoms with Crippen LogP contribution in [-0.4, -0.2) is 82.2 Å². The predicted octanol–water partition coefficient (Wildman–Crippen LogP) is 3.26. The third-order valence-electron chi connectivity index (χ3n) is 8.26. The smallest absolute Gasteiger partial charge is 0.351 e. The van der Waals surface area contributed by atoms with E-state index in [9.17, 15) is 0 Å². The van der Waals surface area contributed by atoms with Crippen LogP contribution in [0.5, 0.6) is 0 Å². The van der Waals surface area contributed by atoms with Gasteiger partial charge in [0.1, 0.15) is 6.54 Å². The van der Waals surface area contributed by atoms with Crippen molar-refractivity contribution in [1.82, 2.24) is 49.5 Å². The van der Waals surface area contributed by atoms with Crippen molar-refractivity contribution in [2.75, 3.05) is 32.7 Å². The van der Waals surface area contributed by atoms with Crippen molar-refractivity contribution in [2.45, 2.75) is 26.3 Å². The molecule has 43 heavy (non-hydrogen) atoms. The monoisotopic (exact) mass is 574 g/mol. The lowest BCUT2D eigenvalue weighted by Crippen LogP contribution is -2.34. The zero-order valence-corrected chi connectivity index (χ0v) is 24.9. The average Bonchev–Trinajstić information content (AvgIpc) is 3.79. The lowest BCUT2D eigenvalue weighted by atomic mass is 10.0. The summed E-state index contributed by atoms with van der Waals surface area (Å²) in [5, 5.41) is 13.0. The normalized spacial score (nSPS) is 15.7. The van der Waals surface area contributed by atoms with Crippen LogP contribution in [0, 0.1) is 0 Å². The predicted molar refractivity (Wildman–Crippen MR) is 164 cm³/mol. The molecule has 218 valence electrons. The Balaban J connectivity index is 1.09.